The van der Waals surface area contributed by atoms with E-state index in [4.69, 9.17) is 12.2 Å². The van der Waals surface area contributed by atoms with Crippen LogP contribution in [-0.2, 0) is 7.05 Å². The third-order valence-electron chi connectivity index (χ3n) is 3.56. The van der Waals surface area contributed by atoms with Crippen molar-refractivity contribution < 1.29 is 0 Å². The summed E-state index contributed by atoms with van der Waals surface area (Å²) in [5.74, 6) is 0. The van der Waals surface area contributed by atoms with Gasteiger partial charge >= 0.3 is 0 Å². The van der Waals surface area contributed by atoms with Crippen LogP contribution in [0.5, 0.6) is 0 Å². The van der Waals surface area contributed by atoms with Gasteiger partial charge in [-0.25, -0.2) is 0 Å². The van der Waals surface area contributed by atoms with Crippen molar-refractivity contribution in [3.63, 3.8) is 0 Å². The summed E-state index contributed by atoms with van der Waals surface area (Å²) in [6.07, 6.45) is 7.16. The van der Waals surface area contributed by atoms with Gasteiger partial charge in [0.2, 0.25) is 0 Å². The molecule has 0 radical (unpaired) electrons. The Bertz CT molecular complexity index is 421. The van der Waals surface area contributed by atoms with Crippen LogP contribution in [0.1, 0.15) is 49.9 Å². The van der Waals surface area contributed by atoms with Crippen LogP contribution in [0.15, 0.2) is 6.20 Å². The maximum absolute atomic E-state index is 5.37. The number of hydrogen-bond donors (Lipinski definition) is 2. The highest BCUT2D eigenvalue weighted by atomic mass is 32.1. The number of aromatic nitrogens is 2. The van der Waals surface area contributed by atoms with Gasteiger partial charge in [0.05, 0.1) is 11.7 Å². The van der Waals surface area contributed by atoms with Crippen molar-refractivity contribution >= 4 is 17.3 Å². The molecule has 1 aliphatic rings. The van der Waals surface area contributed by atoms with Crippen molar-refractivity contribution in [2.24, 2.45) is 7.05 Å². The predicted octanol–water partition coefficient (Wildman–Crippen LogP) is 2.20. The molecule has 5 heteroatoms. The minimum absolute atomic E-state index is 0.195. The molecule has 0 saturated heterocycles. The summed E-state index contributed by atoms with van der Waals surface area (Å²) < 4.78 is 1.84. The summed E-state index contributed by atoms with van der Waals surface area (Å²) in [6.45, 7) is 4.15. The predicted molar refractivity (Wildman–Crippen MR) is 77.5 cm³/mol. The highest BCUT2D eigenvalue weighted by molar-refractivity contribution is 7.80. The molecule has 18 heavy (non-hydrogen) atoms. The molecule has 1 unspecified atom stereocenters. The topological polar surface area (TPSA) is 41.9 Å². The number of rotatable bonds is 3. The average Bonchev–Trinajstić information content (AvgIpc) is 2.88. The number of hydrogen-bond acceptors (Lipinski definition) is 2. The van der Waals surface area contributed by atoms with Crippen molar-refractivity contribution in [2.75, 3.05) is 0 Å². The molecule has 1 aliphatic carbocycles. The standard InChI is InChI=1S/C13H22N4S/c1-9(12-8-17(3)16-10(12)2)14-13(18)15-11-6-4-5-7-11/h8-9,11H,4-7H2,1-3H3,(H2,14,15,18). The Labute approximate surface area is 114 Å². The second-order valence-electron chi connectivity index (χ2n) is 5.16. The van der Waals surface area contributed by atoms with Crippen LogP contribution in [0.2, 0.25) is 0 Å². The smallest absolute Gasteiger partial charge is 0.166 e. The first kappa shape index (κ1) is 13.3. The fourth-order valence-corrected chi connectivity index (χ4v) is 2.96. The number of aryl methyl sites for hydroxylation is 2. The Hall–Kier alpha value is -1.10. The molecule has 2 N–H and O–H groups in total. The molecule has 100 valence electrons. The molecular formula is C13H22N4S. The van der Waals surface area contributed by atoms with E-state index in [1.807, 2.05) is 24.9 Å². The lowest BCUT2D eigenvalue weighted by molar-refractivity contribution is 0.605. The molecule has 1 saturated carbocycles. The molecule has 1 aromatic rings. The summed E-state index contributed by atoms with van der Waals surface area (Å²) in [5.41, 5.74) is 2.26. The normalized spacial score (nSPS) is 17.7. The van der Waals surface area contributed by atoms with Gasteiger partial charge in [-0.05, 0) is 38.9 Å². The number of thiocarbonyl (C=S) groups is 1. The van der Waals surface area contributed by atoms with Crippen LogP contribution >= 0.6 is 12.2 Å². The highest BCUT2D eigenvalue weighted by Crippen LogP contribution is 2.18. The Morgan fingerprint density at radius 3 is 2.72 bits per heavy atom. The maximum Gasteiger partial charge on any atom is 0.166 e. The zero-order valence-corrected chi connectivity index (χ0v) is 12.2. The van der Waals surface area contributed by atoms with E-state index < -0.39 is 0 Å². The molecule has 1 heterocycles. The molecule has 0 spiro atoms. The second-order valence-corrected chi connectivity index (χ2v) is 5.57. The van der Waals surface area contributed by atoms with Crippen LogP contribution in [0.3, 0.4) is 0 Å². The monoisotopic (exact) mass is 266 g/mol. The minimum Gasteiger partial charge on any atom is -0.360 e. The molecule has 0 aliphatic heterocycles. The second kappa shape index (κ2) is 5.69. The summed E-state index contributed by atoms with van der Waals surface area (Å²) in [7, 11) is 1.94. The van der Waals surface area contributed by atoms with E-state index in [-0.39, 0.29) is 6.04 Å². The lowest BCUT2D eigenvalue weighted by Crippen LogP contribution is -2.41. The van der Waals surface area contributed by atoms with E-state index in [2.05, 4.69) is 22.7 Å². The van der Waals surface area contributed by atoms with Gasteiger partial charge in [-0.15, -0.1) is 0 Å². The van der Waals surface area contributed by atoms with Crippen molar-refractivity contribution in [1.29, 1.82) is 0 Å². The van der Waals surface area contributed by atoms with Gasteiger partial charge in [-0.3, -0.25) is 4.68 Å². The number of nitrogens with one attached hydrogen (secondary N) is 2. The van der Waals surface area contributed by atoms with Gasteiger partial charge in [-0.1, -0.05) is 12.8 Å². The van der Waals surface area contributed by atoms with Crippen LogP contribution in [0.4, 0.5) is 0 Å². The first-order valence-electron chi connectivity index (χ1n) is 6.63. The van der Waals surface area contributed by atoms with Crippen molar-refractivity contribution in [3.05, 3.63) is 17.5 Å². The molecule has 1 atom stereocenters. The van der Waals surface area contributed by atoms with Gasteiger partial charge in [0.15, 0.2) is 5.11 Å². The minimum atomic E-state index is 0.195. The molecular weight excluding hydrogens is 244 g/mol. The van der Waals surface area contributed by atoms with Gasteiger partial charge < -0.3 is 10.6 Å². The lowest BCUT2D eigenvalue weighted by atomic mass is 10.1. The van der Waals surface area contributed by atoms with Crippen LogP contribution in [0.25, 0.3) is 0 Å². The first-order chi connectivity index (χ1) is 8.56. The molecule has 1 aromatic heterocycles. The summed E-state index contributed by atoms with van der Waals surface area (Å²) >= 11 is 5.37. The third-order valence-corrected chi connectivity index (χ3v) is 3.79. The van der Waals surface area contributed by atoms with E-state index in [1.165, 1.54) is 31.2 Å². The van der Waals surface area contributed by atoms with Gasteiger partial charge in [0, 0.05) is 24.8 Å². The van der Waals surface area contributed by atoms with Gasteiger partial charge in [0.1, 0.15) is 0 Å². The summed E-state index contributed by atoms with van der Waals surface area (Å²) in [4.78, 5) is 0. The van der Waals surface area contributed by atoms with Gasteiger partial charge in [-0.2, -0.15) is 5.10 Å². The summed E-state index contributed by atoms with van der Waals surface area (Å²) in [6, 6.07) is 0.757. The molecule has 0 bridgehead atoms. The number of nitrogens with zero attached hydrogens (tertiary/aromatic N) is 2. The fourth-order valence-electron chi connectivity index (χ4n) is 2.61. The highest BCUT2D eigenvalue weighted by Gasteiger charge is 2.17. The van der Waals surface area contributed by atoms with E-state index in [9.17, 15) is 0 Å². The van der Waals surface area contributed by atoms with Gasteiger partial charge in [0.25, 0.3) is 0 Å². The molecule has 1 fully saturated rings. The molecule has 0 amide bonds. The van der Waals surface area contributed by atoms with Crippen LogP contribution in [0, 0.1) is 6.92 Å². The fraction of sp³-hybridized carbons (Fsp3) is 0.692. The average molecular weight is 266 g/mol. The summed E-state index contributed by atoms with van der Waals surface area (Å²) in [5, 5.41) is 11.9. The molecule has 4 nitrogen and oxygen atoms in total. The van der Waals surface area contributed by atoms with Crippen LogP contribution in [-0.4, -0.2) is 20.9 Å². The van der Waals surface area contributed by atoms with Crippen molar-refractivity contribution in [2.45, 2.75) is 51.6 Å². The van der Waals surface area contributed by atoms with Crippen LogP contribution < -0.4 is 10.6 Å². The Kier molecular flexibility index (Phi) is 4.22. The Balaban J connectivity index is 1.88. The van der Waals surface area contributed by atoms with Crippen molar-refractivity contribution in [3.8, 4) is 0 Å². The van der Waals surface area contributed by atoms with E-state index >= 15 is 0 Å². The molecule has 2 rings (SSSR count). The van der Waals surface area contributed by atoms with E-state index in [1.54, 1.807) is 0 Å². The Morgan fingerprint density at radius 2 is 2.17 bits per heavy atom. The lowest BCUT2D eigenvalue weighted by Gasteiger charge is -2.19. The Morgan fingerprint density at radius 1 is 1.50 bits per heavy atom. The maximum atomic E-state index is 5.37. The first-order valence-corrected chi connectivity index (χ1v) is 7.04. The zero-order chi connectivity index (χ0) is 13.1. The third kappa shape index (κ3) is 3.22. The quantitative estimate of drug-likeness (QED) is 0.823. The SMILES string of the molecule is Cc1nn(C)cc1C(C)NC(=S)NC1CCCC1. The van der Waals surface area contributed by atoms with E-state index in [0.717, 1.165) is 10.8 Å². The largest absolute Gasteiger partial charge is 0.360 e. The van der Waals surface area contributed by atoms with E-state index in [0.29, 0.717) is 6.04 Å². The van der Waals surface area contributed by atoms with Crippen molar-refractivity contribution in [1.82, 2.24) is 20.4 Å². The zero-order valence-electron chi connectivity index (χ0n) is 11.4. The molecule has 0 aromatic carbocycles.